The maximum Gasteiger partial charge on any atom is 0.253 e. The highest BCUT2D eigenvalue weighted by atomic mass is 16.1. The van der Waals surface area contributed by atoms with E-state index in [0.717, 1.165) is 24.0 Å². The molecule has 0 bridgehead atoms. The highest BCUT2D eigenvalue weighted by Gasteiger charge is 2.36. The van der Waals surface area contributed by atoms with E-state index in [1.54, 1.807) is 12.4 Å². The van der Waals surface area contributed by atoms with Gasteiger partial charge in [-0.25, -0.2) is 9.67 Å². The van der Waals surface area contributed by atoms with Gasteiger partial charge in [-0.15, -0.1) is 0 Å². The molecule has 1 N–H and O–H groups in total. The predicted molar refractivity (Wildman–Crippen MR) is 93.0 cm³/mol. The second-order valence-electron chi connectivity index (χ2n) is 7.29. The summed E-state index contributed by atoms with van der Waals surface area (Å²) in [4.78, 5) is 19.7. The summed E-state index contributed by atoms with van der Waals surface area (Å²) in [5.41, 5.74) is 1.46. The van der Waals surface area contributed by atoms with E-state index >= 15 is 0 Å². The molecule has 2 aliphatic heterocycles. The number of hydrogen-bond acceptors (Lipinski definition) is 4. The quantitative estimate of drug-likeness (QED) is 0.940. The molecule has 2 aromatic heterocycles. The molecule has 0 unspecified atom stereocenters. The van der Waals surface area contributed by atoms with Crippen molar-refractivity contribution in [3.8, 4) is 0 Å². The second kappa shape index (κ2) is 6.16. The fourth-order valence-electron chi connectivity index (χ4n) is 4.11. The van der Waals surface area contributed by atoms with Crippen LogP contribution in [0, 0.1) is 0 Å². The summed E-state index contributed by atoms with van der Waals surface area (Å²) < 4.78 is 1.88. The molecule has 0 aromatic carbocycles. The number of rotatable bonds is 3. The lowest BCUT2D eigenvalue weighted by Gasteiger charge is -2.32. The lowest BCUT2D eigenvalue weighted by molar-refractivity contribution is 0.0915. The van der Waals surface area contributed by atoms with Crippen LogP contribution >= 0.6 is 0 Å². The number of aromatic nitrogens is 3. The maximum atomic E-state index is 12.7. The molecule has 4 rings (SSSR count). The van der Waals surface area contributed by atoms with Crippen LogP contribution in [0.3, 0.4) is 0 Å². The average molecular weight is 327 g/mol. The molecule has 2 aliphatic rings. The van der Waals surface area contributed by atoms with Crippen molar-refractivity contribution in [3.63, 3.8) is 0 Å². The Morgan fingerprint density at radius 1 is 1.25 bits per heavy atom. The van der Waals surface area contributed by atoms with Gasteiger partial charge in [0.15, 0.2) is 5.65 Å². The zero-order valence-electron chi connectivity index (χ0n) is 14.4. The number of carbonyl (C=O) groups excluding carboxylic acids is 1. The SMILES string of the molecule is CC(C)n1ncc2cc(C(=O)N[C@@H]3CCN4CCCC[C@H]34)cnc21. The summed E-state index contributed by atoms with van der Waals surface area (Å²) in [6.07, 6.45) is 8.27. The maximum absolute atomic E-state index is 12.7. The Hall–Kier alpha value is -1.95. The third kappa shape index (κ3) is 2.69. The zero-order chi connectivity index (χ0) is 16.7. The van der Waals surface area contributed by atoms with Crippen molar-refractivity contribution in [2.45, 2.75) is 57.7 Å². The van der Waals surface area contributed by atoms with E-state index in [2.05, 4.69) is 34.1 Å². The van der Waals surface area contributed by atoms with Crippen molar-refractivity contribution in [2.24, 2.45) is 0 Å². The molecule has 6 heteroatoms. The van der Waals surface area contributed by atoms with Crippen molar-refractivity contribution in [1.82, 2.24) is 25.0 Å². The van der Waals surface area contributed by atoms with Crippen LogP contribution < -0.4 is 5.32 Å². The van der Waals surface area contributed by atoms with Crippen LogP contribution in [-0.2, 0) is 0 Å². The third-order valence-electron chi connectivity index (χ3n) is 5.36. The topological polar surface area (TPSA) is 63.1 Å². The Kier molecular flexibility index (Phi) is 4.00. The summed E-state index contributed by atoms with van der Waals surface area (Å²) in [6.45, 7) is 6.43. The highest BCUT2D eigenvalue weighted by Crippen LogP contribution is 2.27. The minimum atomic E-state index is -0.0147. The molecular weight excluding hydrogens is 302 g/mol. The first-order valence-corrected chi connectivity index (χ1v) is 9.01. The summed E-state index contributed by atoms with van der Waals surface area (Å²) in [5, 5.41) is 8.53. The van der Waals surface area contributed by atoms with Crippen molar-refractivity contribution in [2.75, 3.05) is 13.1 Å². The Morgan fingerprint density at radius 2 is 2.12 bits per heavy atom. The van der Waals surface area contributed by atoms with Gasteiger partial charge in [-0.3, -0.25) is 9.69 Å². The van der Waals surface area contributed by atoms with Crippen molar-refractivity contribution >= 4 is 16.9 Å². The largest absolute Gasteiger partial charge is 0.348 e. The van der Waals surface area contributed by atoms with Gasteiger partial charge >= 0.3 is 0 Å². The van der Waals surface area contributed by atoms with Crippen molar-refractivity contribution < 1.29 is 4.79 Å². The monoisotopic (exact) mass is 327 g/mol. The molecule has 24 heavy (non-hydrogen) atoms. The van der Waals surface area contributed by atoms with Gasteiger partial charge in [0.1, 0.15) is 0 Å². The second-order valence-corrected chi connectivity index (χ2v) is 7.29. The molecule has 0 radical (unpaired) electrons. The molecule has 128 valence electrons. The highest BCUT2D eigenvalue weighted by molar-refractivity contribution is 5.97. The molecular formula is C18H25N5O. The fourth-order valence-corrected chi connectivity index (χ4v) is 4.11. The van der Waals surface area contributed by atoms with E-state index < -0.39 is 0 Å². The van der Waals surface area contributed by atoms with Gasteiger partial charge in [0.25, 0.3) is 5.91 Å². The van der Waals surface area contributed by atoms with Gasteiger partial charge in [0, 0.05) is 36.3 Å². The summed E-state index contributed by atoms with van der Waals surface area (Å²) >= 11 is 0. The first-order valence-electron chi connectivity index (χ1n) is 9.01. The third-order valence-corrected chi connectivity index (χ3v) is 5.36. The van der Waals surface area contributed by atoms with Crippen LogP contribution in [0.15, 0.2) is 18.5 Å². The molecule has 4 heterocycles. The molecule has 2 saturated heterocycles. The average Bonchev–Trinajstić information content (AvgIpc) is 3.18. The molecule has 0 aliphatic carbocycles. The van der Waals surface area contributed by atoms with Gasteiger partial charge in [-0.1, -0.05) is 6.42 Å². The van der Waals surface area contributed by atoms with E-state index in [-0.39, 0.29) is 18.0 Å². The lowest BCUT2D eigenvalue weighted by atomic mass is 9.99. The number of carbonyl (C=O) groups is 1. The molecule has 2 atom stereocenters. The Bertz CT molecular complexity index is 753. The summed E-state index contributed by atoms with van der Waals surface area (Å²) in [7, 11) is 0. The van der Waals surface area contributed by atoms with Crippen molar-refractivity contribution in [1.29, 1.82) is 0 Å². The Morgan fingerprint density at radius 3 is 2.96 bits per heavy atom. The minimum absolute atomic E-state index is 0.0147. The smallest absolute Gasteiger partial charge is 0.253 e. The van der Waals surface area contributed by atoms with Crippen LogP contribution in [0.25, 0.3) is 11.0 Å². The van der Waals surface area contributed by atoms with Crippen LogP contribution in [0.1, 0.15) is 55.9 Å². The van der Waals surface area contributed by atoms with E-state index in [1.807, 2.05) is 10.7 Å². The number of nitrogens with zero attached hydrogens (tertiary/aromatic N) is 4. The van der Waals surface area contributed by atoms with Crippen LogP contribution in [0.2, 0.25) is 0 Å². The normalized spacial score (nSPS) is 24.5. The standard InChI is InChI=1S/C18H25N5O/c1-12(2)23-17-13(11-20-23)9-14(10-19-17)18(24)21-15-6-8-22-7-4-3-5-16(15)22/h9-12,15-16H,3-8H2,1-2H3,(H,21,24)/t15-,16-/m1/s1. The number of piperidine rings is 1. The number of pyridine rings is 1. The van der Waals surface area contributed by atoms with E-state index in [4.69, 9.17) is 0 Å². The van der Waals surface area contributed by atoms with Crippen LogP contribution in [0.4, 0.5) is 0 Å². The van der Waals surface area contributed by atoms with Gasteiger partial charge in [0.05, 0.1) is 11.8 Å². The number of hydrogen-bond donors (Lipinski definition) is 1. The summed E-state index contributed by atoms with van der Waals surface area (Å²) in [5.74, 6) is -0.0147. The number of nitrogens with one attached hydrogen (secondary N) is 1. The molecule has 6 nitrogen and oxygen atoms in total. The number of amides is 1. The molecule has 1 amide bonds. The number of fused-ring (bicyclic) bond motifs is 2. The molecule has 0 saturated carbocycles. The lowest BCUT2D eigenvalue weighted by Crippen LogP contribution is -2.46. The zero-order valence-corrected chi connectivity index (χ0v) is 14.4. The summed E-state index contributed by atoms with van der Waals surface area (Å²) in [6, 6.07) is 2.94. The molecule has 0 spiro atoms. The fraction of sp³-hybridized carbons (Fsp3) is 0.611. The van der Waals surface area contributed by atoms with Crippen LogP contribution in [-0.4, -0.2) is 50.7 Å². The molecule has 2 aromatic rings. The van der Waals surface area contributed by atoms with Gasteiger partial charge in [0.2, 0.25) is 0 Å². The first-order chi connectivity index (χ1) is 11.6. The van der Waals surface area contributed by atoms with E-state index in [0.29, 0.717) is 11.6 Å². The Balaban J connectivity index is 1.51. The minimum Gasteiger partial charge on any atom is -0.348 e. The van der Waals surface area contributed by atoms with E-state index in [9.17, 15) is 4.79 Å². The van der Waals surface area contributed by atoms with Crippen molar-refractivity contribution in [3.05, 3.63) is 24.0 Å². The molecule has 2 fully saturated rings. The van der Waals surface area contributed by atoms with Gasteiger partial charge < -0.3 is 5.32 Å². The van der Waals surface area contributed by atoms with E-state index in [1.165, 1.54) is 25.8 Å². The van der Waals surface area contributed by atoms with Crippen LogP contribution in [0.5, 0.6) is 0 Å². The first kappa shape index (κ1) is 15.6. The Labute approximate surface area is 142 Å². The van der Waals surface area contributed by atoms with Gasteiger partial charge in [-0.2, -0.15) is 5.10 Å². The van der Waals surface area contributed by atoms with Gasteiger partial charge in [-0.05, 0) is 45.7 Å². The predicted octanol–water partition coefficient (Wildman–Crippen LogP) is 2.37.